The number of ether oxygens (including phenoxy) is 5. The van der Waals surface area contributed by atoms with E-state index in [-0.39, 0.29) is 115 Å². The zero-order chi connectivity index (χ0) is 94.3. The van der Waals surface area contributed by atoms with Gasteiger partial charge in [-0.05, 0) is 126 Å². The van der Waals surface area contributed by atoms with Crippen molar-refractivity contribution in [1.29, 1.82) is 0 Å². The van der Waals surface area contributed by atoms with E-state index < -0.39 is 95.5 Å². The minimum absolute atomic E-state index is 0.0148. The number of aryl methyl sites for hydroxylation is 2. The maximum atomic E-state index is 13.0. The Balaban J connectivity index is 0.000000160. The average Bonchev–Trinajstić information content (AvgIpc) is 1.69. The number of fused-ring (bicyclic) bond motifs is 2. The van der Waals surface area contributed by atoms with Gasteiger partial charge in [0.1, 0.15) is 101 Å². The number of anilines is 5. The first kappa shape index (κ1) is 98.2. The molecule has 2 aliphatic rings. The van der Waals surface area contributed by atoms with Crippen LogP contribution in [0.25, 0.3) is 4.85 Å². The number of hydrogen-bond donors (Lipinski definition) is 8. The summed E-state index contributed by atoms with van der Waals surface area (Å²) < 4.78 is 112. The molecule has 0 radical (unpaired) electrons. The molecule has 6 amide bonds. The van der Waals surface area contributed by atoms with E-state index in [1.54, 1.807) is 115 Å². The third kappa shape index (κ3) is 27.8. The molecule has 8 N–H and O–H groups in total. The number of benzene rings is 8. The molecule has 0 fully saturated rings. The van der Waals surface area contributed by atoms with Gasteiger partial charge in [-0.15, -0.1) is 34.0 Å². The first-order chi connectivity index (χ1) is 62.6. The molecule has 15 rings (SSSR count). The van der Waals surface area contributed by atoms with Crippen LogP contribution in [0.3, 0.4) is 0 Å². The third-order valence-electron chi connectivity index (χ3n) is 17.5. The van der Waals surface area contributed by atoms with Crippen molar-refractivity contribution in [1.82, 2.24) is 29.8 Å². The van der Waals surface area contributed by atoms with Crippen molar-refractivity contribution >= 4 is 189 Å². The molecule has 678 valence electrons. The molecular formula is C86H74F2N12O21S10. The highest BCUT2D eigenvalue weighted by Crippen LogP contribution is 2.37. The lowest BCUT2D eigenvalue weighted by Crippen LogP contribution is -2.23. The van der Waals surface area contributed by atoms with E-state index in [0.717, 1.165) is 64.9 Å². The van der Waals surface area contributed by atoms with Gasteiger partial charge in [-0.3, -0.25) is 86.0 Å². The number of carbonyl (C=O) groups is 8. The van der Waals surface area contributed by atoms with Gasteiger partial charge in [0.25, 0.3) is 35.4 Å². The van der Waals surface area contributed by atoms with Gasteiger partial charge in [-0.2, -0.15) is 0 Å². The van der Waals surface area contributed by atoms with Crippen molar-refractivity contribution in [2.45, 2.75) is 70.0 Å². The number of aromatic hydroxyl groups is 3. The lowest BCUT2D eigenvalue weighted by atomic mass is 10.1. The maximum absolute atomic E-state index is 13.0. The zero-order valence-corrected chi connectivity index (χ0v) is 77.7. The molecule has 5 atom stereocenters. The van der Waals surface area contributed by atoms with Crippen LogP contribution in [0, 0.1) is 18.2 Å². The summed E-state index contributed by atoms with van der Waals surface area (Å²) in [5.74, 6) is -2.65. The van der Waals surface area contributed by atoms with E-state index in [9.17, 15) is 83.5 Å². The Morgan fingerprint density at radius 2 is 0.824 bits per heavy atom. The van der Waals surface area contributed by atoms with Gasteiger partial charge in [-0.25, -0.2) is 38.5 Å². The van der Waals surface area contributed by atoms with Crippen molar-refractivity contribution in [3.8, 4) is 46.0 Å². The number of phenolic OH excluding ortho intramolecular Hbond substituents is 3. The Labute approximate surface area is 777 Å². The normalized spacial score (nSPS) is 13.1. The van der Waals surface area contributed by atoms with Crippen LogP contribution >= 0.6 is 56.7 Å². The number of para-hydroxylation sites is 2. The molecule has 5 aromatic heterocycles. The number of halogens is 2. The molecule has 5 unspecified atom stereocenters. The first-order valence-electron chi connectivity index (χ1n) is 38.0. The number of nitrogens with zero attached hydrogens (tertiary/aromatic N) is 7. The number of amides is 6. The molecule has 0 saturated heterocycles. The number of hydrogen-bond acceptors (Lipinski definition) is 31. The number of aromatic nitrogens is 5. The van der Waals surface area contributed by atoms with Crippen LogP contribution < -0.4 is 50.3 Å². The smallest absolute Gasteiger partial charge is 0.308 e. The van der Waals surface area contributed by atoms with Crippen molar-refractivity contribution in [2.75, 3.05) is 71.0 Å². The van der Waals surface area contributed by atoms with E-state index in [1.165, 1.54) is 145 Å². The number of carbonyl (C=O) groups excluding carboxylic acids is 8. The van der Waals surface area contributed by atoms with Gasteiger partial charge in [0.15, 0.2) is 31.3 Å². The number of rotatable bonds is 25. The topological polar surface area (TPSA) is 461 Å². The van der Waals surface area contributed by atoms with Crippen LogP contribution in [0.15, 0.2) is 209 Å². The zero-order valence-electron chi connectivity index (χ0n) is 69.5. The summed E-state index contributed by atoms with van der Waals surface area (Å²) in [5, 5.41) is 50.2. The number of nitrogens with one attached hydrogen (secondary N) is 5. The first-order valence-corrected chi connectivity index (χ1v) is 49.5. The molecular weight excluding hydrogens is 1900 g/mol. The molecule has 8 aromatic carbocycles. The minimum Gasteiger partial charge on any atom is -0.507 e. The molecule has 13 aromatic rings. The third-order valence-corrected chi connectivity index (χ3v) is 28.3. The largest absolute Gasteiger partial charge is 0.507 e. The lowest BCUT2D eigenvalue weighted by molar-refractivity contribution is -0.132. The summed E-state index contributed by atoms with van der Waals surface area (Å²) in [7, 11) is -2.53. The fraction of sp³-hybridized carbons (Fsp3) is 0.163. The van der Waals surface area contributed by atoms with E-state index in [1.807, 2.05) is 0 Å². The average molecular weight is 1970 g/mol. The molecule has 0 aliphatic carbocycles. The Bertz CT molecular complexity index is 6640. The summed E-state index contributed by atoms with van der Waals surface area (Å²) in [6, 6.07) is 42.1. The summed E-state index contributed by atoms with van der Waals surface area (Å²) in [6.45, 7) is 10.0. The van der Waals surface area contributed by atoms with Gasteiger partial charge in [0.2, 0.25) is 0 Å². The Hall–Kier alpha value is -13.4. The quantitative estimate of drug-likeness (QED) is 0.0150. The van der Waals surface area contributed by atoms with Crippen molar-refractivity contribution in [3.05, 3.63) is 271 Å². The van der Waals surface area contributed by atoms with Crippen molar-refractivity contribution in [2.24, 2.45) is 0 Å². The second kappa shape index (κ2) is 46.2. The van der Waals surface area contributed by atoms with E-state index >= 15 is 0 Å². The highest BCUT2D eigenvalue weighted by Gasteiger charge is 2.29. The van der Waals surface area contributed by atoms with Gasteiger partial charge >= 0.3 is 11.9 Å². The molecule has 0 spiro atoms. The Morgan fingerprint density at radius 1 is 0.450 bits per heavy atom. The van der Waals surface area contributed by atoms with E-state index in [4.69, 9.17) is 30.3 Å². The van der Waals surface area contributed by atoms with Crippen LogP contribution in [0.4, 0.5) is 40.1 Å². The van der Waals surface area contributed by atoms with Gasteiger partial charge in [0.05, 0.1) is 99.8 Å². The number of thiazole rings is 5. The Morgan fingerprint density at radius 3 is 1.24 bits per heavy atom. The van der Waals surface area contributed by atoms with Crippen LogP contribution in [-0.2, 0) is 96.2 Å². The number of phenols is 3. The van der Waals surface area contributed by atoms with Crippen LogP contribution in [0.1, 0.15) is 104 Å². The Kier molecular flexibility index (Phi) is 34.6. The highest BCUT2D eigenvalue weighted by molar-refractivity contribution is 7.88. The minimum atomic E-state index is -1.27. The SMILES string of the molecule is CC(=O)Oc1ccc(OCc2ccc(F)cc2)cc1C(=O)Nc1nc(S(C)=O)cs1.CC(=O)Oc1ccccc1C(=O)Nc1nc2c(s1)S(=O)CC2.CS(=O)c1csc(NC(=O)c2cc(OCc3ccc(F)cc3)ccc2O)n1.O=C(Nc1nc2c(s1)S(=O)CC2)c1ccccc1O.[C-]#[N+]c1ccc(C(=O)N(C)C)c(COc2ccc(O)c(C(=O)Nc3nc(S(C)=O)cs3)c2)c1. The van der Waals surface area contributed by atoms with Crippen LogP contribution in [0.2, 0.25) is 0 Å². The van der Waals surface area contributed by atoms with Gasteiger partial charge < -0.3 is 43.9 Å². The number of esters is 2. The molecule has 0 bridgehead atoms. The summed E-state index contributed by atoms with van der Waals surface area (Å²) in [5.41, 5.74) is 4.86. The predicted octanol–water partition coefficient (Wildman–Crippen LogP) is 14.8. The van der Waals surface area contributed by atoms with Crippen LogP contribution in [-0.4, -0.2) is 158 Å². The van der Waals surface area contributed by atoms with Gasteiger partial charge in [0, 0.05) is 92.8 Å². The predicted molar refractivity (Wildman–Crippen MR) is 494 cm³/mol. The van der Waals surface area contributed by atoms with Gasteiger partial charge in [-0.1, -0.05) is 83.3 Å². The molecule has 7 heterocycles. The van der Waals surface area contributed by atoms with Crippen molar-refractivity contribution < 1.29 is 107 Å². The molecule has 2 aliphatic heterocycles. The summed E-state index contributed by atoms with van der Waals surface area (Å²) >= 11 is 5.84. The highest BCUT2D eigenvalue weighted by atomic mass is 32.2. The molecule has 33 nitrogen and oxygen atoms in total. The maximum Gasteiger partial charge on any atom is 0.308 e. The van der Waals surface area contributed by atoms with E-state index in [2.05, 4.69) is 56.3 Å². The monoisotopic (exact) mass is 1970 g/mol. The standard InChI is InChI=1S/C22H20N4O5S2.C20H17FN2O5S2.C18H15FN2O4S2.C14H12N2O4S2.C12H10N2O3S2/c1-23-14-5-7-16(21(29)26(2)3)13(9-14)11-31-15-6-8-18(27)17(10-15)20(28)25-22-24-19(12-32-22)33(4)30;1-12(24)28-17-8-7-15(27-10-13-3-5-14(21)6-4-13)9-16(17)19(25)23-20-22-18(11-29-20)30(2)26;1-27(24)16-10-26-18(20-16)21-17(23)14-8-13(6-7-15(14)22)25-9-11-2-4-12(19)5-3-11;1-8(17)20-11-5-3-2-4-9(11)12(18)16-14-15-10-6-7-22(19)13(10)21-14;15-9-4-2-1-3-7(9)10(16)14-12-13-8-5-6-19(17)11(8)18-12/h5-10,12,27H,11H2,2-4H3,(H,24,25,28);3-9,11H,10H2,1-2H3,(H,22,23,25);2-8,10,22H,9H2,1H3,(H,20,21,23);2-5H,6-7H2,1H3,(H,15,16,18);1-4,15H,5-6H2,(H,13,14,16). The fourth-order valence-electron chi connectivity index (χ4n) is 11.2. The van der Waals surface area contributed by atoms with E-state index in [0.29, 0.717) is 78.0 Å². The molecule has 0 saturated carbocycles. The molecule has 131 heavy (non-hydrogen) atoms. The van der Waals surface area contributed by atoms with Crippen LogP contribution in [0.5, 0.6) is 46.0 Å². The second-order valence-electron chi connectivity index (χ2n) is 27.2. The molecule has 45 heteroatoms. The summed E-state index contributed by atoms with van der Waals surface area (Å²) in [6.07, 6.45) is 5.82. The summed E-state index contributed by atoms with van der Waals surface area (Å²) in [4.78, 5) is 123. The fourth-order valence-corrected chi connectivity index (χ4v) is 21.0. The lowest BCUT2D eigenvalue weighted by Gasteiger charge is -2.15. The van der Waals surface area contributed by atoms with Crippen molar-refractivity contribution in [3.63, 3.8) is 0 Å². The second-order valence-corrected chi connectivity index (χ2v) is 39.3.